The first kappa shape index (κ1) is 36.7. The van der Waals surface area contributed by atoms with E-state index in [0.717, 1.165) is 91.5 Å². The van der Waals surface area contributed by atoms with E-state index in [9.17, 15) is 9.35 Å². The molecule has 1 saturated heterocycles. The van der Waals surface area contributed by atoms with E-state index >= 15 is 0 Å². The Balaban J connectivity index is 1.16. The molecule has 270 valence electrons. The molecule has 1 aromatic heterocycles. The van der Waals surface area contributed by atoms with Gasteiger partial charge in [-0.3, -0.25) is 4.79 Å². The molecule has 0 bridgehead atoms. The number of rotatable bonds is 16. The molecule has 0 aliphatic carbocycles. The van der Waals surface area contributed by atoms with Gasteiger partial charge in [-0.2, -0.15) is 0 Å². The monoisotopic (exact) mass is 710 g/mol. The van der Waals surface area contributed by atoms with E-state index in [-0.39, 0.29) is 12.0 Å². The molecule has 1 amide bonds. The minimum atomic E-state index is -1.23. The Morgan fingerprint density at radius 3 is 2.59 bits per heavy atom. The molecule has 4 aromatic rings. The van der Waals surface area contributed by atoms with Gasteiger partial charge < -0.3 is 33.5 Å². The lowest BCUT2D eigenvalue weighted by Crippen LogP contribution is -2.33. The molecule has 2 atom stereocenters. The van der Waals surface area contributed by atoms with Crippen molar-refractivity contribution in [2.24, 2.45) is 0 Å². The number of carbonyl (C=O) groups excluding carboxylic acids is 1. The number of aryl methyl sites for hydroxylation is 2. The Kier molecular flexibility index (Phi) is 12.9. The maximum Gasteiger partial charge on any atom is 0.251 e. The second-order valence-corrected chi connectivity index (χ2v) is 14.6. The van der Waals surface area contributed by atoms with Gasteiger partial charge in [0.25, 0.3) is 5.91 Å². The summed E-state index contributed by atoms with van der Waals surface area (Å²) in [5.74, 6) is 1.07. The molecule has 0 saturated carbocycles. The van der Waals surface area contributed by atoms with Crippen LogP contribution in [0.3, 0.4) is 0 Å². The van der Waals surface area contributed by atoms with Crippen molar-refractivity contribution < 1.29 is 23.6 Å². The fourth-order valence-electron chi connectivity index (χ4n) is 6.56. The summed E-state index contributed by atoms with van der Waals surface area (Å²) in [7, 11) is 0. The third-order valence-corrected chi connectivity index (χ3v) is 10.9. The number of nitrogens with zero attached hydrogens (tertiary/aromatic N) is 3. The summed E-state index contributed by atoms with van der Waals surface area (Å²) < 4.78 is 32.7. The van der Waals surface area contributed by atoms with Gasteiger partial charge in [0, 0.05) is 49.8 Å². The average molecular weight is 711 g/mol. The summed E-state index contributed by atoms with van der Waals surface area (Å²) in [6.07, 6.45) is 8.93. The highest BCUT2D eigenvalue weighted by Crippen LogP contribution is 2.34. The van der Waals surface area contributed by atoms with Gasteiger partial charge in [-0.1, -0.05) is 31.5 Å². The fourth-order valence-corrected chi connectivity index (χ4v) is 7.79. The number of hydrogen-bond donors (Lipinski definition) is 1. The van der Waals surface area contributed by atoms with Crippen LogP contribution in [0.2, 0.25) is 0 Å². The van der Waals surface area contributed by atoms with E-state index in [0.29, 0.717) is 48.1 Å². The average Bonchev–Trinajstić information content (AvgIpc) is 3.75. The zero-order chi connectivity index (χ0) is 35.6. The molecule has 51 heavy (non-hydrogen) atoms. The van der Waals surface area contributed by atoms with Gasteiger partial charge in [0.05, 0.1) is 30.4 Å². The number of aromatic nitrogens is 2. The molecule has 9 nitrogen and oxygen atoms in total. The smallest absolute Gasteiger partial charge is 0.251 e. The van der Waals surface area contributed by atoms with Crippen LogP contribution in [0.1, 0.15) is 62.9 Å². The first-order valence-corrected chi connectivity index (χ1v) is 19.6. The van der Waals surface area contributed by atoms with Crippen molar-refractivity contribution in [3.8, 4) is 16.9 Å². The number of unbranched alkanes of at least 4 members (excludes halogenated alkanes) is 1. The van der Waals surface area contributed by atoms with Crippen LogP contribution in [0, 0.1) is 6.92 Å². The fraction of sp³-hybridized carbons (Fsp3) is 0.415. The van der Waals surface area contributed by atoms with Crippen molar-refractivity contribution in [3.05, 3.63) is 95.6 Å². The minimum absolute atomic E-state index is 0.137. The first-order chi connectivity index (χ1) is 24.9. The molecule has 0 unspecified atom stereocenters. The summed E-state index contributed by atoms with van der Waals surface area (Å²) in [4.78, 5) is 21.2. The summed E-state index contributed by atoms with van der Waals surface area (Å²) in [5, 5.41) is 3.09. The Labute approximate surface area is 305 Å². The molecule has 3 aromatic carbocycles. The molecule has 0 radical (unpaired) electrons. The quantitative estimate of drug-likeness (QED) is 0.0936. The van der Waals surface area contributed by atoms with Crippen molar-refractivity contribution in [2.75, 3.05) is 49.7 Å². The zero-order valence-corrected chi connectivity index (χ0v) is 30.9. The van der Waals surface area contributed by atoms with Crippen LogP contribution in [0.25, 0.3) is 17.2 Å². The second kappa shape index (κ2) is 17.9. The summed E-state index contributed by atoms with van der Waals surface area (Å²) >= 11 is -1.23. The molecular weight excluding hydrogens is 661 g/mol. The first-order valence-electron chi connectivity index (χ1n) is 18.2. The van der Waals surface area contributed by atoms with Crippen LogP contribution in [0.4, 0.5) is 11.4 Å². The Morgan fingerprint density at radius 2 is 1.84 bits per heavy atom. The van der Waals surface area contributed by atoms with Crippen molar-refractivity contribution in [3.63, 3.8) is 0 Å². The highest BCUT2D eigenvalue weighted by molar-refractivity contribution is 7.90. The summed E-state index contributed by atoms with van der Waals surface area (Å²) in [6.45, 7) is 11.1. The number of carbonyl (C=O) groups is 1. The van der Waals surface area contributed by atoms with Crippen LogP contribution < -0.4 is 15.0 Å². The van der Waals surface area contributed by atoms with Crippen LogP contribution >= 0.6 is 0 Å². The van der Waals surface area contributed by atoms with Gasteiger partial charge in [-0.05, 0) is 122 Å². The lowest BCUT2D eigenvalue weighted by Gasteiger charge is -2.28. The highest BCUT2D eigenvalue weighted by Gasteiger charge is 2.25. The molecule has 1 fully saturated rings. The molecule has 2 aliphatic rings. The molecular formula is C41H50N4O5S. The van der Waals surface area contributed by atoms with Gasteiger partial charge in [0.15, 0.2) is 10.6 Å². The van der Waals surface area contributed by atoms with Gasteiger partial charge in [-0.25, -0.2) is 4.98 Å². The second-order valence-electron chi connectivity index (χ2n) is 13.1. The third kappa shape index (κ3) is 9.62. The van der Waals surface area contributed by atoms with E-state index in [4.69, 9.17) is 14.2 Å². The minimum Gasteiger partial charge on any atom is -0.611 e. The maximum absolute atomic E-state index is 13.8. The summed E-state index contributed by atoms with van der Waals surface area (Å²) in [6, 6.07) is 21.9. The molecule has 2 aliphatic heterocycles. The number of nitrogens with one attached hydrogen (secondary N) is 1. The summed E-state index contributed by atoms with van der Waals surface area (Å²) in [5.41, 5.74) is 7.51. The standard InChI is InChI=1S/C41H50N4O5S/c1-4-6-21-48-23-24-50-36-14-9-31(10-15-36)32-11-18-39-34(25-32)26-33(19-20-45(39)27-37-8-7-22-49-37)41(46)43-35-12-16-38(17-13-35)51(47)28-40-30(3)42-29-44(40)5-2/h9-18,25-26,29,37H,4-8,19-24,27-28H2,1-3H3,(H,43,46)/t37-,51-/m1/s1. The number of fused-ring (bicyclic) bond motifs is 1. The molecule has 1 N–H and O–H groups in total. The van der Waals surface area contributed by atoms with Crippen LogP contribution in [-0.4, -0.2) is 65.6 Å². The van der Waals surface area contributed by atoms with E-state index in [1.165, 1.54) is 0 Å². The number of anilines is 2. The number of benzene rings is 3. The van der Waals surface area contributed by atoms with E-state index in [1.54, 1.807) is 6.33 Å². The number of ether oxygens (including phenoxy) is 3. The predicted molar refractivity (Wildman–Crippen MR) is 205 cm³/mol. The van der Waals surface area contributed by atoms with Gasteiger partial charge in [0.2, 0.25) is 0 Å². The van der Waals surface area contributed by atoms with Gasteiger partial charge in [-0.15, -0.1) is 0 Å². The topological polar surface area (TPSA) is 101 Å². The third-order valence-electron chi connectivity index (χ3n) is 9.55. The van der Waals surface area contributed by atoms with E-state index in [2.05, 4.69) is 59.4 Å². The predicted octanol–water partition coefficient (Wildman–Crippen LogP) is 7.79. The lowest BCUT2D eigenvalue weighted by molar-refractivity contribution is -0.112. The highest BCUT2D eigenvalue weighted by atomic mass is 32.2. The number of amides is 1. The van der Waals surface area contributed by atoms with Crippen molar-refractivity contribution in [2.45, 2.75) is 76.2 Å². The van der Waals surface area contributed by atoms with E-state index < -0.39 is 11.2 Å². The van der Waals surface area contributed by atoms with Crippen LogP contribution in [0.15, 0.2) is 83.5 Å². The largest absolute Gasteiger partial charge is 0.611 e. The SMILES string of the molecule is CCCCOCCOc1ccc(-c2ccc3c(c2)C=C(C(=O)Nc2ccc([S@+]([O-])Cc4c(C)ncn4CC)cc2)CCN3C[C@H]2CCCO2)cc1. The zero-order valence-electron chi connectivity index (χ0n) is 30.1. The van der Waals surface area contributed by atoms with Crippen LogP contribution in [-0.2, 0) is 37.7 Å². The van der Waals surface area contributed by atoms with Gasteiger partial charge >= 0.3 is 0 Å². The molecule has 6 rings (SSSR count). The normalized spacial score (nSPS) is 16.4. The molecule has 3 heterocycles. The number of imidazole rings is 1. The Bertz CT molecular complexity index is 1770. The van der Waals surface area contributed by atoms with Crippen molar-refractivity contribution >= 4 is 34.5 Å². The Hall–Kier alpha value is -4.09. The lowest BCUT2D eigenvalue weighted by atomic mass is 10.00. The van der Waals surface area contributed by atoms with Gasteiger partial charge in [0.1, 0.15) is 12.4 Å². The van der Waals surface area contributed by atoms with Crippen LogP contribution in [0.5, 0.6) is 5.75 Å². The molecule has 10 heteroatoms. The number of hydrogen-bond acceptors (Lipinski definition) is 7. The maximum atomic E-state index is 13.8. The Morgan fingerprint density at radius 1 is 1.04 bits per heavy atom. The van der Waals surface area contributed by atoms with E-state index in [1.807, 2.05) is 54.0 Å². The molecule has 0 spiro atoms. The van der Waals surface area contributed by atoms with Crippen molar-refractivity contribution in [1.29, 1.82) is 0 Å². The van der Waals surface area contributed by atoms with Crippen molar-refractivity contribution in [1.82, 2.24) is 9.55 Å².